The predicted molar refractivity (Wildman–Crippen MR) is 82.2 cm³/mol. The van der Waals surface area contributed by atoms with Crippen molar-refractivity contribution in [1.29, 1.82) is 0 Å². The molecule has 20 heavy (non-hydrogen) atoms. The molecule has 1 atom stereocenters. The summed E-state index contributed by atoms with van der Waals surface area (Å²) in [5.41, 5.74) is 7.39. The average Bonchev–Trinajstić information content (AvgIpc) is 2.39. The van der Waals surface area contributed by atoms with Gasteiger partial charge in [0.15, 0.2) is 0 Å². The molecule has 2 nitrogen and oxygen atoms in total. The maximum Gasteiger partial charge on any atom is 0.130 e. The van der Waals surface area contributed by atoms with Gasteiger partial charge in [0.2, 0.25) is 0 Å². The molecule has 2 aromatic rings. The van der Waals surface area contributed by atoms with Crippen molar-refractivity contribution in [3.8, 4) is 5.75 Å². The summed E-state index contributed by atoms with van der Waals surface area (Å²) in [5, 5.41) is 0. The summed E-state index contributed by atoms with van der Waals surface area (Å²) < 4.78 is 20.2. The van der Waals surface area contributed by atoms with Gasteiger partial charge in [0.25, 0.3) is 0 Å². The minimum Gasteiger partial charge on any atom is -0.489 e. The summed E-state index contributed by atoms with van der Waals surface area (Å²) in [4.78, 5) is 0. The molecule has 0 radical (unpaired) electrons. The highest BCUT2D eigenvalue weighted by molar-refractivity contribution is 9.10. The van der Waals surface area contributed by atoms with Crippen LogP contribution in [-0.2, 0) is 13.0 Å². The van der Waals surface area contributed by atoms with E-state index in [9.17, 15) is 4.39 Å². The van der Waals surface area contributed by atoms with E-state index in [2.05, 4.69) is 15.9 Å². The first-order valence-corrected chi connectivity index (χ1v) is 7.26. The van der Waals surface area contributed by atoms with E-state index < -0.39 is 0 Å². The average molecular weight is 338 g/mol. The summed E-state index contributed by atoms with van der Waals surface area (Å²) in [6, 6.07) is 12.7. The van der Waals surface area contributed by atoms with Gasteiger partial charge >= 0.3 is 0 Å². The highest BCUT2D eigenvalue weighted by atomic mass is 79.9. The van der Waals surface area contributed by atoms with Crippen molar-refractivity contribution < 1.29 is 9.13 Å². The lowest BCUT2D eigenvalue weighted by atomic mass is 10.1. The van der Waals surface area contributed by atoms with E-state index >= 15 is 0 Å². The zero-order chi connectivity index (χ0) is 14.5. The minimum atomic E-state index is -0.274. The van der Waals surface area contributed by atoms with E-state index in [4.69, 9.17) is 10.5 Å². The van der Waals surface area contributed by atoms with Gasteiger partial charge < -0.3 is 10.5 Å². The Kier molecular flexibility index (Phi) is 5.15. The van der Waals surface area contributed by atoms with Gasteiger partial charge in [0.05, 0.1) is 0 Å². The highest BCUT2D eigenvalue weighted by Gasteiger charge is 2.08. The van der Waals surface area contributed by atoms with Crippen LogP contribution in [0.2, 0.25) is 0 Å². The molecule has 1 unspecified atom stereocenters. The molecule has 0 spiro atoms. The van der Waals surface area contributed by atoms with Crippen molar-refractivity contribution >= 4 is 15.9 Å². The predicted octanol–water partition coefficient (Wildman–Crippen LogP) is 4.06. The smallest absolute Gasteiger partial charge is 0.130 e. The number of ether oxygens (including phenoxy) is 1. The normalized spacial score (nSPS) is 12.2. The van der Waals surface area contributed by atoms with Crippen molar-refractivity contribution in [3.05, 3.63) is 63.9 Å². The Hall–Kier alpha value is -1.39. The second-order valence-corrected chi connectivity index (χ2v) is 5.73. The Labute approximate surface area is 126 Å². The van der Waals surface area contributed by atoms with Crippen LogP contribution in [0, 0.1) is 5.82 Å². The third-order valence-electron chi connectivity index (χ3n) is 2.91. The highest BCUT2D eigenvalue weighted by Crippen LogP contribution is 2.22. The van der Waals surface area contributed by atoms with Crippen LogP contribution in [0.3, 0.4) is 0 Å². The first-order valence-electron chi connectivity index (χ1n) is 6.46. The summed E-state index contributed by atoms with van der Waals surface area (Å²) in [6.45, 7) is 2.15. The molecule has 0 saturated carbocycles. The number of nitrogens with two attached hydrogens (primary N) is 1. The van der Waals surface area contributed by atoms with Crippen molar-refractivity contribution in [1.82, 2.24) is 0 Å². The molecule has 0 aliphatic heterocycles. The van der Waals surface area contributed by atoms with Gasteiger partial charge in [-0.2, -0.15) is 0 Å². The molecule has 0 aliphatic rings. The number of hydrogen-bond donors (Lipinski definition) is 1. The second kappa shape index (κ2) is 6.86. The molecule has 0 heterocycles. The van der Waals surface area contributed by atoms with Crippen LogP contribution in [0.25, 0.3) is 0 Å². The van der Waals surface area contributed by atoms with Crippen molar-refractivity contribution in [2.45, 2.75) is 26.0 Å². The quantitative estimate of drug-likeness (QED) is 0.892. The fourth-order valence-electron chi connectivity index (χ4n) is 1.95. The first kappa shape index (κ1) is 15.0. The Morgan fingerprint density at radius 2 is 1.95 bits per heavy atom. The van der Waals surface area contributed by atoms with E-state index in [1.165, 1.54) is 6.07 Å². The summed E-state index contributed by atoms with van der Waals surface area (Å²) >= 11 is 3.24. The van der Waals surface area contributed by atoms with Crippen LogP contribution in [0.4, 0.5) is 4.39 Å². The molecular formula is C16H17BrFNO. The number of rotatable bonds is 5. The number of benzene rings is 2. The molecule has 0 fully saturated rings. The second-order valence-electron chi connectivity index (χ2n) is 4.81. The topological polar surface area (TPSA) is 35.2 Å². The summed E-state index contributed by atoms with van der Waals surface area (Å²) in [7, 11) is 0. The molecule has 4 heteroatoms. The van der Waals surface area contributed by atoms with Crippen LogP contribution in [0.1, 0.15) is 18.1 Å². The fraction of sp³-hybridized carbons (Fsp3) is 0.250. The van der Waals surface area contributed by atoms with E-state index in [1.54, 1.807) is 12.1 Å². The van der Waals surface area contributed by atoms with Crippen molar-refractivity contribution in [2.75, 3.05) is 0 Å². The van der Waals surface area contributed by atoms with Crippen LogP contribution < -0.4 is 10.5 Å². The molecule has 2 N–H and O–H groups in total. The van der Waals surface area contributed by atoms with Gasteiger partial charge in [-0.05, 0) is 37.1 Å². The molecule has 2 aromatic carbocycles. The number of halogens is 2. The van der Waals surface area contributed by atoms with Crippen LogP contribution in [0.15, 0.2) is 46.9 Å². The van der Waals surface area contributed by atoms with Gasteiger partial charge in [-0.3, -0.25) is 0 Å². The van der Waals surface area contributed by atoms with Gasteiger partial charge in [0.1, 0.15) is 18.2 Å². The van der Waals surface area contributed by atoms with Crippen LogP contribution >= 0.6 is 15.9 Å². The van der Waals surface area contributed by atoms with Gasteiger partial charge in [-0.1, -0.05) is 40.2 Å². The number of para-hydroxylation sites is 1. The molecule has 0 saturated heterocycles. The maximum absolute atomic E-state index is 13.7. The lowest BCUT2D eigenvalue weighted by Gasteiger charge is -2.13. The first-order chi connectivity index (χ1) is 9.56. The van der Waals surface area contributed by atoms with Crippen LogP contribution in [0.5, 0.6) is 5.75 Å². The summed E-state index contributed by atoms with van der Waals surface area (Å²) in [6.07, 6.45) is 0.735. The molecule has 106 valence electrons. The Balaban J connectivity index is 2.10. The molecule has 0 bridgehead atoms. The van der Waals surface area contributed by atoms with Crippen LogP contribution in [-0.4, -0.2) is 6.04 Å². The molecule has 0 amide bonds. The van der Waals surface area contributed by atoms with E-state index in [0.29, 0.717) is 5.56 Å². The van der Waals surface area contributed by atoms with E-state index in [0.717, 1.165) is 22.2 Å². The zero-order valence-electron chi connectivity index (χ0n) is 11.3. The summed E-state index contributed by atoms with van der Waals surface area (Å²) in [5.74, 6) is 0.483. The Morgan fingerprint density at radius 1 is 1.20 bits per heavy atom. The standard InChI is InChI=1S/C16H17BrFNO/c1-11(19)8-12-4-2-3-5-16(12)20-10-13-6-7-14(17)9-15(13)18/h2-7,9,11H,8,10,19H2,1H3. The lowest BCUT2D eigenvalue weighted by molar-refractivity contribution is 0.296. The number of hydrogen-bond acceptors (Lipinski definition) is 2. The lowest BCUT2D eigenvalue weighted by Crippen LogP contribution is -2.18. The van der Waals surface area contributed by atoms with Crippen molar-refractivity contribution in [2.24, 2.45) is 5.73 Å². The van der Waals surface area contributed by atoms with Crippen molar-refractivity contribution in [3.63, 3.8) is 0 Å². The van der Waals surface area contributed by atoms with E-state index in [-0.39, 0.29) is 18.5 Å². The molecule has 2 rings (SSSR count). The van der Waals surface area contributed by atoms with Gasteiger partial charge in [0, 0.05) is 16.1 Å². The largest absolute Gasteiger partial charge is 0.489 e. The fourth-order valence-corrected chi connectivity index (χ4v) is 2.29. The van der Waals surface area contributed by atoms with Gasteiger partial charge in [-0.25, -0.2) is 4.39 Å². The maximum atomic E-state index is 13.7. The minimum absolute atomic E-state index is 0.0594. The third kappa shape index (κ3) is 4.05. The monoisotopic (exact) mass is 337 g/mol. The Bertz CT molecular complexity index is 586. The van der Waals surface area contributed by atoms with E-state index in [1.807, 2.05) is 31.2 Å². The molecule has 0 aromatic heterocycles. The zero-order valence-corrected chi connectivity index (χ0v) is 12.9. The SMILES string of the molecule is CC(N)Cc1ccccc1OCc1ccc(Br)cc1F. The Morgan fingerprint density at radius 3 is 2.65 bits per heavy atom. The third-order valence-corrected chi connectivity index (χ3v) is 3.41. The van der Waals surface area contributed by atoms with Gasteiger partial charge in [-0.15, -0.1) is 0 Å². The molecule has 0 aliphatic carbocycles. The molecular weight excluding hydrogens is 321 g/mol.